The summed E-state index contributed by atoms with van der Waals surface area (Å²) in [5.41, 5.74) is 0.709. The van der Waals surface area contributed by atoms with E-state index in [4.69, 9.17) is 4.74 Å². The second kappa shape index (κ2) is 8.02. The maximum Gasteiger partial charge on any atom is 0.323 e. The number of amides is 2. The molecule has 3 heterocycles. The first kappa shape index (κ1) is 17.3. The van der Waals surface area contributed by atoms with Crippen molar-refractivity contribution < 1.29 is 14.3 Å². The number of carbonyl (C=O) groups excluding carboxylic acids is 2. The van der Waals surface area contributed by atoms with E-state index in [0.717, 1.165) is 12.8 Å². The van der Waals surface area contributed by atoms with E-state index in [-0.39, 0.29) is 17.9 Å². The van der Waals surface area contributed by atoms with Crippen molar-refractivity contribution in [1.29, 1.82) is 0 Å². The molecule has 25 heavy (non-hydrogen) atoms. The van der Waals surface area contributed by atoms with Gasteiger partial charge in [-0.3, -0.25) is 15.1 Å². The quantitative estimate of drug-likeness (QED) is 0.840. The Balaban J connectivity index is 1.60. The highest BCUT2D eigenvalue weighted by Gasteiger charge is 2.29. The highest BCUT2D eigenvalue weighted by Crippen LogP contribution is 2.25. The Bertz CT molecular complexity index is 736. The maximum atomic E-state index is 12.4. The first-order valence-corrected chi connectivity index (χ1v) is 8.96. The number of likely N-dealkylation sites (tertiary alicyclic amines) is 1. The largest absolute Gasteiger partial charge is 0.466 e. The van der Waals surface area contributed by atoms with E-state index in [0.29, 0.717) is 35.5 Å². The fraction of sp³-hybridized carbons (Fsp3) is 0.438. The fourth-order valence-electron chi connectivity index (χ4n) is 2.65. The highest BCUT2D eigenvalue weighted by molar-refractivity contribution is 7.18. The van der Waals surface area contributed by atoms with Gasteiger partial charge in [-0.1, -0.05) is 17.4 Å². The van der Waals surface area contributed by atoms with Crippen LogP contribution in [-0.4, -0.2) is 51.8 Å². The van der Waals surface area contributed by atoms with Crippen LogP contribution in [0.1, 0.15) is 19.8 Å². The van der Waals surface area contributed by atoms with Crippen molar-refractivity contribution >= 4 is 28.5 Å². The van der Waals surface area contributed by atoms with Gasteiger partial charge in [-0.05, 0) is 31.9 Å². The van der Waals surface area contributed by atoms with E-state index in [2.05, 4.69) is 20.5 Å². The second-order valence-electron chi connectivity index (χ2n) is 5.59. The summed E-state index contributed by atoms with van der Waals surface area (Å²) >= 11 is 1.26. The number of pyridine rings is 1. The van der Waals surface area contributed by atoms with Crippen molar-refractivity contribution in [1.82, 2.24) is 20.1 Å². The normalized spacial score (nSPS) is 17.2. The number of ether oxygens (including phenoxy) is 1. The van der Waals surface area contributed by atoms with Gasteiger partial charge in [0, 0.05) is 19.3 Å². The maximum absolute atomic E-state index is 12.4. The number of nitrogens with one attached hydrogen (secondary N) is 1. The average molecular weight is 361 g/mol. The molecule has 3 rings (SSSR count). The molecule has 8 nitrogen and oxygen atoms in total. The summed E-state index contributed by atoms with van der Waals surface area (Å²) in [6, 6.07) is 5.24. The van der Waals surface area contributed by atoms with Crippen molar-refractivity contribution in [2.75, 3.05) is 25.0 Å². The van der Waals surface area contributed by atoms with Crippen LogP contribution in [0.15, 0.2) is 24.4 Å². The molecule has 2 aromatic rings. The summed E-state index contributed by atoms with van der Waals surface area (Å²) in [5, 5.41) is 11.8. The van der Waals surface area contributed by atoms with E-state index < -0.39 is 0 Å². The summed E-state index contributed by atoms with van der Waals surface area (Å²) in [5.74, 6) is -0.508. The minimum atomic E-state index is -0.280. The molecule has 1 aliphatic heterocycles. The molecule has 1 aliphatic rings. The van der Waals surface area contributed by atoms with E-state index >= 15 is 0 Å². The lowest BCUT2D eigenvalue weighted by Crippen LogP contribution is -2.44. The summed E-state index contributed by atoms with van der Waals surface area (Å²) in [7, 11) is 0. The molecule has 2 amide bonds. The molecule has 0 radical (unpaired) electrons. The Morgan fingerprint density at radius 2 is 2.28 bits per heavy atom. The predicted molar refractivity (Wildman–Crippen MR) is 93.1 cm³/mol. The number of urea groups is 1. The minimum Gasteiger partial charge on any atom is -0.466 e. The third-order valence-electron chi connectivity index (χ3n) is 3.85. The van der Waals surface area contributed by atoms with E-state index in [1.807, 2.05) is 18.2 Å². The van der Waals surface area contributed by atoms with Crippen molar-refractivity contribution in [3.63, 3.8) is 0 Å². The number of rotatable bonds is 4. The number of hydrogen-bond donors (Lipinski definition) is 1. The van der Waals surface area contributed by atoms with Crippen molar-refractivity contribution in [3.8, 4) is 10.7 Å². The zero-order valence-corrected chi connectivity index (χ0v) is 14.7. The number of carbonyl (C=O) groups is 2. The monoisotopic (exact) mass is 361 g/mol. The van der Waals surface area contributed by atoms with Crippen LogP contribution in [0.3, 0.4) is 0 Å². The van der Waals surface area contributed by atoms with Gasteiger partial charge < -0.3 is 9.64 Å². The smallest absolute Gasteiger partial charge is 0.323 e. The Hall–Kier alpha value is -2.55. The van der Waals surface area contributed by atoms with Gasteiger partial charge in [-0.15, -0.1) is 10.2 Å². The Kier molecular flexibility index (Phi) is 5.54. The summed E-state index contributed by atoms with van der Waals surface area (Å²) in [4.78, 5) is 30.1. The topological polar surface area (TPSA) is 97.3 Å². The summed E-state index contributed by atoms with van der Waals surface area (Å²) in [6.45, 7) is 3.09. The lowest BCUT2D eigenvalue weighted by Gasteiger charge is -2.31. The number of hydrogen-bond acceptors (Lipinski definition) is 7. The molecule has 132 valence electrons. The van der Waals surface area contributed by atoms with Crippen molar-refractivity contribution in [3.05, 3.63) is 24.4 Å². The molecule has 1 N–H and O–H groups in total. The molecule has 1 atom stereocenters. The van der Waals surface area contributed by atoms with E-state index in [1.54, 1.807) is 18.0 Å². The van der Waals surface area contributed by atoms with Gasteiger partial charge in [0.05, 0.1) is 12.5 Å². The lowest BCUT2D eigenvalue weighted by molar-refractivity contribution is -0.149. The van der Waals surface area contributed by atoms with Crippen molar-refractivity contribution in [2.45, 2.75) is 19.8 Å². The van der Waals surface area contributed by atoms with Crippen LogP contribution in [0, 0.1) is 5.92 Å². The third-order valence-corrected chi connectivity index (χ3v) is 4.71. The van der Waals surface area contributed by atoms with Gasteiger partial charge in [0.25, 0.3) is 0 Å². The molecule has 0 bridgehead atoms. The number of esters is 1. The third kappa shape index (κ3) is 4.30. The van der Waals surface area contributed by atoms with Gasteiger partial charge in [0.1, 0.15) is 5.69 Å². The van der Waals surface area contributed by atoms with E-state index in [9.17, 15) is 9.59 Å². The fourth-order valence-corrected chi connectivity index (χ4v) is 3.36. The Labute approximate surface area is 149 Å². The number of anilines is 1. The molecule has 1 fully saturated rings. The van der Waals surface area contributed by atoms with Crippen LogP contribution >= 0.6 is 11.3 Å². The molecule has 9 heteroatoms. The zero-order valence-electron chi connectivity index (χ0n) is 13.8. The minimum absolute atomic E-state index is 0.242. The van der Waals surface area contributed by atoms with Crippen LogP contribution in [0.5, 0.6) is 0 Å². The SMILES string of the molecule is CCOC(=O)[C@@H]1CCCN(C(=O)Nc2nnc(-c3ccccn3)s2)C1. The predicted octanol–water partition coefficient (Wildman–Crippen LogP) is 2.41. The summed E-state index contributed by atoms with van der Waals surface area (Å²) < 4.78 is 5.06. The Morgan fingerprint density at radius 1 is 1.40 bits per heavy atom. The van der Waals surface area contributed by atoms with Crippen molar-refractivity contribution in [2.24, 2.45) is 5.92 Å². The van der Waals surface area contributed by atoms with Gasteiger partial charge >= 0.3 is 12.0 Å². The van der Waals surface area contributed by atoms with Crippen LogP contribution in [0.4, 0.5) is 9.93 Å². The Morgan fingerprint density at radius 3 is 3.04 bits per heavy atom. The molecular weight excluding hydrogens is 342 g/mol. The first-order chi connectivity index (χ1) is 12.2. The van der Waals surface area contributed by atoms with E-state index in [1.165, 1.54) is 11.3 Å². The molecule has 0 spiro atoms. The van der Waals surface area contributed by atoms with Crippen LogP contribution < -0.4 is 5.32 Å². The number of piperidine rings is 1. The molecule has 1 saturated heterocycles. The van der Waals surface area contributed by atoms with Crippen LogP contribution in [0.25, 0.3) is 10.7 Å². The van der Waals surface area contributed by atoms with Gasteiger partial charge in [-0.25, -0.2) is 4.79 Å². The summed E-state index contributed by atoms with van der Waals surface area (Å²) in [6.07, 6.45) is 3.19. The molecule has 0 aromatic carbocycles. The number of nitrogens with zero attached hydrogens (tertiary/aromatic N) is 4. The number of aromatic nitrogens is 3. The van der Waals surface area contributed by atoms with Gasteiger partial charge in [0.15, 0.2) is 5.01 Å². The molecule has 2 aromatic heterocycles. The first-order valence-electron chi connectivity index (χ1n) is 8.15. The second-order valence-corrected chi connectivity index (χ2v) is 6.57. The zero-order chi connectivity index (χ0) is 17.6. The van der Waals surface area contributed by atoms with Crippen LogP contribution in [0.2, 0.25) is 0 Å². The average Bonchev–Trinajstić information content (AvgIpc) is 3.11. The lowest BCUT2D eigenvalue weighted by atomic mass is 9.98. The van der Waals surface area contributed by atoms with Gasteiger partial charge in [0.2, 0.25) is 5.13 Å². The van der Waals surface area contributed by atoms with Gasteiger partial charge in [-0.2, -0.15) is 0 Å². The molecular formula is C16H19N5O3S. The molecule has 0 aliphatic carbocycles. The standard InChI is InChI=1S/C16H19N5O3S/c1-2-24-14(22)11-6-5-9-21(10-11)16(23)18-15-20-19-13(25-15)12-7-3-4-8-17-12/h3-4,7-8,11H,2,5-6,9-10H2,1H3,(H,18,20,23)/t11-/m1/s1. The van der Waals surface area contributed by atoms with Crippen LogP contribution in [-0.2, 0) is 9.53 Å². The molecule has 0 saturated carbocycles. The molecule has 0 unspecified atom stereocenters. The highest BCUT2D eigenvalue weighted by atomic mass is 32.1.